The number of nitrogens with one attached hydrogen (secondary N) is 1. The predicted molar refractivity (Wildman–Crippen MR) is 112 cm³/mol. The van der Waals surface area contributed by atoms with Crippen LogP contribution in [0.25, 0.3) is 11.0 Å². The van der Waals surface area contributed by atoms with Crippen molar-refractivity contribution in [3.63, 3.8) is 0 Å². The number of carbonyl (C=O) groups excluding carboxylic acids is 1. The van der Waals surface area contributed by atoms with E-state index in [9.17, 15) is 22.0 Å². The average Bonchev–Trinajstić information content (AvgIpc) is 3.43. The second kappa shape index (κ2) is 7.63. The Morgan fingerprint density at radius 1 is 1.16 bits per heavy atom. The number of alkyl halides is 2. The lowest BCUT2D eigenvalue weighted by Gasteiger charge is -2.19. The summed E-state index contributed by atoms with van der Waals surface area (Å²) in [6.07, 6.45) is 2.65. The summed E-state index contributed by atoms with van der Waals surface area (Å²) in [7, 11) is -3.74. The van der Waals surface area contributed by atoms with Gasteiger partial charge in [0.2, 0.25) is 15.9 Å². The molecule has 3 heterocycles. The Bertz CT molecular complexity index is 1220. The van der Waals surface area contributed by atoms with Gasteiger partial charge in [-0.2, -0.15) is 4.31 Å². The highest BCUT2D eigenvalue weighted by molar-refractivity contribution is 7.89. The van der Waals surface area contributed by atoms with Gasteiger partial charge in [0.1, 0.15) is 0 Å². The zero-order valence-corrected chi connectivity index (χ0v) is 17.8. The van der Waals surface area contributed by atoms with Crippen LogP contribution in [-0.2, 0) is 16.6 Å². The first-order valence-electron chi connectivity index (χ1n) is 10.3. The van der Waals surface area contributed by atoms with E-state index in [0.29, 0.717) is 11.1 Å². The lowest BCUT2D eigenvalue weighted by atomic mass is 10.0. The molecule has 7 nitrogen and oxygen atoms in total. The zero-order chi connectivity index (χ0) is 22.5. The molecule has 10 heteroatoms. The first-order valence-corrected chi connectivity index (χ1v) is 11.7. The molecule has 1 saturated carbocycles. The second-order valence-corrected chi connectivity index (χ2v) is 10.4. The number of benzene rings is 1. The van der Waals surface area contributed by atoms with E-state index in [2.05, 4.69) is 10.3 Å². The van der Waals surface area contributed by atoms with E-state index in [1.54, 1.807) is 30.5 Å². The Kier molecular flexibility index (Phi) is 5.01. The fourth-order valence-electron chi connectivity index (χ4n) is 4.60. The van der Waals surface area contributed by atoms with Gasteiger partial charge in [-0.1, -0.05) is 12.1 Å². The summed E-state index contributed by atoms with van der Waals surface area (Å²) in [5, 5.41) is 3.51. The van der Waals surface area contributed by atoms with E-state index in [1.807, 2.05) is 0 Å². The molecule has 1 amide bonds. The molecule has 1 aliphatic carbocycles. The number of sulfonamides is 1. The fourth-order valence-corrected chi connectivity index (χ4v) is 6.15. The van der Waals surface area contributed by atoms with Gasteiger partial charge in [-0.25, -0.2) is 17.2 Å². The van der Waals surface area contributed by atoms with Crippen LogP contribution in [0.2, 0.25) is 0 Å². The number of nitrogens with zero attached hydrogens (tertiary/aromatic N) is 2. The Morgan fingerprint density at radius 2 is 1.84 bits per heavy atom. The molecule has 3 aromatic rings. The molecule has 0 radical (unpaired) electrons. The monoisotopic (exact) mass is 461 g/mol. The van der Waals surface area contributed by atoms with Crippen molar-refractivity contribution >= 4 is 26.9 Å². The van der Waals surface area contributed by atoms with Gasteiger partial charge in [-0.3, -0.25) is 9.78 Å². The number of rotatable bonds is 5. The summed E-state index contributed by atoms with van der Waals surface area (Å²) < 4.78 is 59.7. The van der Waals surface area contributed by atoms with Crippen LogP contribution in [0.1, 0.15) is 29.0 Å². The number of aromatic nitrogens is 1. The highest BCUT2D eigenvalue weighted by Crippen LogP contribution is 2.47. The number of pyridine rings is 1. The molecular weight excluding hydrogens is 440 g/mol. The number of halogens is 2. The minimum Gasteiger partial charge on any atom is -0.449 e. The number of carbonyl (C=O) groups is 1. The van der Waals surface area contributed by atoms with Crippen molar-refractivity contribution < 1.29 is 26.4 Å². The van der Waals surface area contributed by atoms with E-state index >= 15 is 0 Å². The van der Waals surface area contributed by atoms with Crippen molar-refractivity contribution in [1.82, 2.24) is 14.6 Å². The summed E-state index contributed by atoms with van der Waals surface area (Å²) in [5.74, 6) is -3.49. The van der Waals surface area contributed by atoms with Crippen molar-refractivity contribution in [1.29, 1.82) is 0 Å². The van der Waals surface area contributed by atoms with Crippen LogP contribution in [0.3, 0.4) is 0 Å². The summed E-state index contributed by atoms with van der Waals surface area (Å²) in [6, 6.07) is 9.58. The minimum absolute atomic E-state index is 0.115. The molecule has 2 atom stereocenters. The SMILES string of the molecule is O=C(NCc1ccc(S(=O)(=O)N2CC3CC(F)(F)CC3C2)cc1)c1cc2ccncc2o1. The van der Waals surface area contributed by atoms with Gasteiger partial charge in [-0.05, 0) is 41.7 Å². The van der Waals surface area contributed by atoms with Gasteiger partial charge in [0.05, 0.1) is 11.1 Å². The topological polar surface area (TPSA) is 92.5 Å². The lowest BCUT2D eigenvalue weighted by Crippen LogP contribution is -2.31. The zero-order valence-electron chi connectivity index (χ0n) is 17.0. The Hall–Kier alpha value is -2.85. The molecule has 0 spiro atoms. The van der Waals surface area contributed by atoms with Crippen LogP contribution >= 0.6 is 0 Å². The summed E-state index contributed by atoms with van der Waals surface area (Å²) in [5.41, 5.74) is 1.23. The fraction of sp³-hybridized carbons (Fsp3) is 0.364. The highest BCUT2D eigenvalue weighted by atomic mass is 32.2. The first kappa shape index (κ1) is 21.0. The van der Waals surface area contributed by atoms with Gasteiger partial charge >= 0.3 is 0 Å². The quantitative estimate of drug-likeness (QED) is 0.629. The lowest BCUT2D eigenvalue weighted by molar-refractivity contribution is -0.000624. The summed E-state index contributed by atoms with van der Waals surface area (Å²) in [6.45, 7) is 0.457. The van der Waals surface area contributed by atoms with Crippen molar-refractivity contribution in [3.05, 3.63) is 60.1 Å². The molecule has 32 heavy (non-hydrogen) atoms. The van der Waals surface area contributed by atoms with Crippen LogP contribution in [0.15, 0.2) is 58.1 Å². The minimum atomic E-state index is -3.74. The molecule has 5 rings (SSSR count). The molecule has 1 saturated heterocycles. The number of fused-ring (bicyclic) bond motifs is 2. The Labute approximate surface area is 183 Å². The molecule has 1 aromatic carbocycles. The Morgan fingerprint density at radius 3 is 2.50 bits per heavy atom. The van der Waals surface area contributed by atoms with Crippen molar-refractivity contribution in [2.45, 2.75) is 30.2 Å². The van der Waals surface area contributed by atoms with Gasteiger partial charge in [-0.15, -0.1) is 0 Å². The maximum atomic E-state index is 13.5. The third-order valence-corrected chi connectivity index (χ3v) is 8.07. The van der Waals surface area contributed by atoms with Gasteiger partial charge < -0.3 is 9.73 Å². The highest BCUT2D eigenvalue weighted by Gasteiger charge is 2.52. The standard InChI is InChI=1S/C22H21F2N3O4S/c23-22(24)8-16-12-27(13-17(16)9-22)32(29,30)18-3-1-14(2-4-18)10-26-21(28)19-7-15-5-6-25-11-20(15)31-19/h1-7,11,16-17H,8-10,12-13H2,(H,26,28). The van der Waals surface area contributed by atoms with E-state index in [-0.39, 0.29) is 55.0 Å². The molecule has 2 unspecified atom stereocenters. The molecule has 2 aliphatic rings. The summed E-state index contributed by atoms with van der Waals surface area (Å²) in [4.78, 5) is 16.4. The van der Waals surface area contributed by atoms with E-state index in [0.717, 1.165) is 5.39 Å². The molecular formula is C22H21F2N3O4S. The smallest absolute Gasteiger partial charge is 0.287 e. The van der Waals surface area contributed by atoms with Crippen LogP contribution in [-0.4, -0.2) is 42.6 Å². The molecule has 2 aromatic heterocycles. The number of amides is 1. The summed E-state index contributed by atoms with van der Waals surface area (Å²) >= 11 is 0. The number of hydrogen-bond acceptors (Lipinski definition) is 5. The van der Waals surface area contributed by atoms with Crippen molar-refractivity contribution in [3.8, 4) is 0 Å². The van der Waals surface area contributed by atoms with Gasteiger partial charge in [0.15, 0.2) is 11.3 Å². The van der Waals surface area contributed by atoms with Crippen LogP contribution < -0.4 is 5.32 Å². The molecule has 1 aliphatic heterocycles. The average molecular weight is 461 g/mol. The third-order valence-electron chi connectivity index (χ3n) is 6.23. The first-order chi connectivity index (χ1) is 15.2. The molecule has 0 bridgehead atoms. The van der Waals surface area contributed by atoms with E-state index in [1.165, 1.54) is 22.6 Å². The number of furan rings is 1. The van der Waals surface area contributed by atoms with Crippen molar-refractivity contribution in [2.75, 3.05) is 13.1 Å². The second-order valence-electron chi connectivity index (χ2n) is 8.46. The third kappa shape index (κ3) is 3.88. The van der Waals surface area contributed by atoms with Crippen LogP contribution in [0, 0.1) is 11.8 Å². The maximum absolute atomic E-state index is 13.5. The van der Waals surface area contributed by atoms with E-state index < -0.39 is 21.9 Å². The van der Waals surface area contributed by atoms with Crippen LogP contribution in [0.5, 0.6) is 0 Å². The van der Waals surface area contributed by atoms with Crippen molar-refractivity contribution in [2.24, 2.45) is 11.8 Å². The predicted octanol–water partition coefficient (Wildman–Crippen LogP) is 3.42. The van der Waals surface area contributed by atoms with E-state index in [4.69, 9.17) is 4.42 Å². The molecule has 168 valence electrons. The normalized spacial score (nSPS) is 22.8. The molecule has 2 fully saturated rings. The van der Waals surface area contributed by atoms with Crippen LogP contribution in [0.4, 0.5) is 8.78 Å². The molecule has 1 N–H and O–H groups in total. The van der Waals surface area contributed by atoms with Gasteiger partial charge in [0.25, 0.3) is 5.91 Å². The maximum Gasteiger partial charge on any atom is 0.287 e. The largest absolute Gasteiger partial charge is 0.449 e. The Balaban J connectivity index is 1.22. The van der Waals surface area contributed by atoms with Gasteiger partial charge in [0, 0.05) is 44.1 Å². The number of hydrogen-bond donors (Lipinski definition) is 1.